The van der Waals surface area contributed by atoms with Crippen LogP contribution in [-0.2, 0) is 15.8 Å². The number of para-hydroxylation sites is 1. The van der Waals surface area contributed by atoms with Crippen molar-refractivity contribution in [1.29, 1.82) is 0 Å². The molecular weight excluding hydrogens is 400 g/mol. The van der Waals surface area contributed by atoms with Gasteiger partial charge in [0, 0.05) is 5.56 Å². The Labute approximate surface area is 174 Å². The number of benzene rings is 2. The van der Waals surface area contributed by atoms with Crippen molar-refractivity contribution in [3.63, 3.8) is 0 Å². The van der Waals surface area contributed by atoms with Gasteiger partial charge in [0.1, 0.15) is 19.4 Å². The Hall–Kier alpha value is -3.29. The Bertz CT molecular complexity index is 815. The number of carbonyl (C=O) groups is 2. The molecule has 1 aromatic heterocycles. The van der Waals surface area contributed by atoms with Crippen LogP contribution in [0.15, 0.2) is 60.7 Å². The smallest absolute Gasteiger partial charge is 0.307 e. The maximum absolute atomic E-state index is 13.0. The molecule has 0 unspecified atom stereocenters. The monoisotopic (exact) mass is 426 g/mol. The van der Waals surface area contributed by atoms with Gasteiger partial charge in [-0.15, -0.1) is 0 Å². The molecule has 3 rings (SSSR count). The first-order valence-corrected chi connectivity index (χ1v) is 9.01. The maximum Gasteiger partial charge on any atom is 0.435 e. The van der Waals surface area contributed by atoms with Crippen LogP contribution in [0.3, 0.4) is 0 Å². The van der Waals surface area contributed by atoms with Gasteiger partial charge in [-0.1, -0.05) is 45.9 Å². The van der Waals surface area contributed by atoms with Crippen molar-refractivity contribution in [1.82, 2.24) is 9.78 Å². The number of carbonyl (C=O) groups excluding carboxylic acids is 2. The highest BCUT2D eigenvalue weighted by Gasteiger charge is 2.35. The van der Waals surface area contributed by atoms with Crippen LogP contribution in [0.1, 0.15) is 33.4 Å². The van der Waals surface area contributed by atoms with Crippen molar-refractivity contribution in [2.45, 2.75) is 33.9 Å². The maximum atomic E-state index is 13.0. The van der Waals surface area contributed by atoms with Crippen LogP contribution < -0.4 is 0 Å². The fraction of sp³-hybridized carbons (Fsp3) is 0.227. The summed E-state index contributed by atoms with van der Waals surface area (Å²) >= 11 is 0. The minimum atomic E-state index is -4.55. The molecule has 30 heavy (non-hydrogen) atoms. The zero-order valence-corrected chi connectivity index (χ0v) is 17.4. The SMILES string of the molecule is C=O.C=O.CC.CC.Fc1ccc(-c2cc(C(F)(F)F)nn2-c2ccccc2)cc1. The summed E-state index contributed by atoms with van der Waals surface area (Å²) in [4.78, 5) is 16.0. The predicted octanol–water partition coefficient (Wildman–Crippen LogP) is 6.38. The molecule has 0 saturated heterocycles. The lowest BCUT2D eigenvalue weighted by molar-refractivity contribution is -0.141. The summed E-state index contributed by atoms with van der Waals surface area (Å²) in [7, 11) is 0. The highest BCUT2D eigenvalue weighted by atomic mass is 19.4. The lowest BCUT2D eigenvalue weighted by atomic mass is 10.1. The molecule has 0 amide bonds. The number of alkyl halides is 3. The van der Waals surface area contributed by atoms with E-state index in [1.165, 1.54) is 28.9 Å². The number of rotatable bonds is 2. The number of hydrogen-bond acceptors (Lipinski definition) is 3. The molecule has 3 aromatic rings. The molecule has 2 aromatic carbocycles. The Kier molecular flexibility index (Phi) is 15.0. The Balaban J connectivity index is 0. The normalized spacial score (nSPS) is 9.20. The largest absolute Gasteiger partial charge is 0.435 e. The summed E-state index contributed by atoms with van der Waals surface area (Å²) in [6.45, 7) is 12.0. The molecule has 164 valence electrons. The highest BCUT2D eigenvalue weighted by Crippen LogP contribution is 2.33. The quantitative estimate of drug-likeness (QED) is 0.447. The van der Waals surface area contributed by atoms with Crippen LogP contribution in [0.4, 0.5) is 17.6 Å². The van der Waals surface area contributed by atoms with E-state index in [9.17, 15) is 17.6 Å². The van der Waals surface area contributed by atoms with E-state index in [1.807, 2.05) is 41.3 Å². The second-order valence-corrected chi connectivity index (χ2v) is 4.67. The number of aromatic nitrogens is 2. The Morgan fingerprint density at radius 2 is 1.27 bits per heavy atom. The molecule has 4 nitrogen and oxygen atoms in total. The molecule has 0 N–H and O–H groups in total. The molecule has 0 saturated carbocycles. The first-order valence-electron chi connectivity index (χ1n) is 9.01. The third kappa shape index (κ3) is 8.38. The zero-order chi connectivity index (χ0) is 23.7. The molecule has 0 radical (unpaired) electrons. The first-order chi connectivity index (χ1) is 14.4. The van der Waals surface area contributed by atoms with Crippen molar-refractivity contribution in [2.24, 2.45) is 0 Å². The van der Waals surface area contributed by atoms with E-state index in [-0.39, 0.29) is 5.69 Å². The molecule has 1 heterocycles. The molecule has 8 heteroatoms. The first kappa shape index (κ1) is 28.9. The zero-order valence-electron chi connectivity index (χ0n) is 17.4. The minimum absolute atomic E-state index is 0.249. The summed E-state index contributed by atoms with van der Waals surface area (Å²) in [6, 6.07) is 14.7. The summed E-state index contributed by atoms with van der Waals surface area (Å²) in [5, 5.41) is 3.65. The van der Waals surface area contributed by atoms with Gasteiger partial charge in [0.2, 0.25) is 0 Å². The molecule has 0 bridgehead atoms. The van der Waals surface area contributed by atoms with E-state index in [4.69, 9.17) is 9.59 Å². The van der Waals surface area contributed by atoms with Crippen molar-refractivity contribution >= 4 is 13.6 Å². The molecule has 0 atom stereocenters. The molecular formula is C22H26F4N2O2. The van der Waals surface area contributed by atoms with Gasteiger partial charge in [-0.2, -0.15) is 18.3 Å². The van der Waals surface area contributed by atoms with Gasteiger partial charge in [-0.05, 0) is 42.5 Å². The van der Waals surface area contributed by atoms with Gasteiger partial charge in [-0.25, -0.2) is 9.07 Å². The van der Waals surface area contributed by atoms with Crippen LogP contribution in [0, 0.1) is 5.82 Å². The van der Waals surface area contributed by atoms with E-state index in [0.717, 1.165) is 6.07 Å². The molecule has 0 aliphatic heterocycles. The number of hydrogen-bond donors (Lipinski definition) is 0. The fourth-order valence-corrected chi connectivity index (χ4v) is 2.11. The van der Waals surface area contributed by atoms with E-state index in [1.54, 1.807) is 30.3 Å². The van der Waals surface area contributed by atoms with E-state index in [0.29, 0.717) is 11.3 Å². The lowest BCUT2D eigenvalue weighted by Gasteiger charge is -2.07. The van der Waals surface area contributed by atoms with Crippen LogP contribution in [-0.4, -0.2) is 23.4 Å². The van der Waals surface area contributed by atoms with E-state index in [2.05, 4.69) is 5.10 Å². The standard InChI is InChI=1S/C16H10F4N2.2C2H6.2CH2O/c17-12-8-6-11(7-9-12)14-10-15(16(18,19)20)21-22(14)13-4-2-1-3-5-13;4*1-2/h1-10H;2*1-2H3;2*1H2. The highest BCUT2D eigenvalue weighted by molar-refractivity contribution is 5.62. The van der Waals surface area contributed by atoms with Gasteiger partial charge in [0.15, 0.2) is 5.69 Å². The average Bonchev–Trinajstić information content (AvgIpc) is 3.27. The molecule has 0 aliphatic carbocycles. The van der Waals surface area contributed by atoms with Crippen LogP contribution in [0.5, 0.6) is 0 Å². The van der Waals surface area contributed by atoms with Crippen molar-refractivity contribution < 1.29 is 27.2 Å². The Morgan fingerprint density at radius 1 is 0.800 bits per heavy atom. The van der Waals surface area contributed by atoms with E-state index >= 15 is 0 Å². The van der Waals surface area contributed by atoms with E-state index < -0.39 is 17.7 Å². The van der Waals surface area contributed by atoms with Crippen molar-refractivity contribution in [2.75, 3.05) is 0 Å². The fourth-order valence-electron chi connectivity index (χ4n) is 2.11. The molecule has 0 aliphatic rings. The van der Waals surface area contributed by atoms with Crippen LogP contribution in [0.2, 0.25) is 0 Å². The van der Waals surface area contributed by atoms with Crippen molar-refractivity contribution in [3.05, 3.63) is 72.2 Å². The van der Waals surface area contributed by atoms with Crippen molar-refractivity contribution in [3.8, 4) is 16.9 Å². The van der Waals surface area contributed by atoms with Gasteiger partial charge >= 0.3 is 6.18 Å². The van der Waals surface area contributed by atoms with Gasteiger partial charge in [0.05, 0.1) is 11.4 Å². The van der Waals surface area contributed by atoms with Gasteiger partial charge in [0.25, 0.3) is 0 Å². The van der Waals surface area contributed by atoms with Crippen LogP contribution >= 0.6 is 0 Å². The topological polar surface area (TPSA) is 52.0 Å². The second kappa shape index (κ2) is 15.6. The lowest BCUT2D eigenvalue weighted by Crippen LogP contribution is -2.07. The summed E-state index contributed by atoms with van der Waals surface area (Å²) in [6.07, 6.45) is -4.55. The summed E-state index contributed by atoms with van der Waals surface area (Å²) in [5.41, 5.74) is 0.208. The predicted molar refractivity (Wildman–Crippen MR) is 111 cm³/mol. The average molecular weight is 426 g/mol. The van der Waals surface area contributed by atoms with Gasteiger partial charge < -0.3 is 9.59 Å². The number of halogens is 4. The van der Waals surface area contributed by atoms with Gasteiger partial charge in [-0.3, -0.25) is 0 Å². The second-order valence-electron chi connectivity index (χ2n) is 4.67. The summed E-state index contributed by atoms with van der Waals surface area (Å²) < 4.78 is 53.0. The molecule has 0 spiro atoms. The Morgan fingerprint density at radius 3 is 1.70 bits per heavy atom. The van der Waals surface area contributed by atoms with Crippen LogP contribution in [0.25, 0.3) is 16.9 Å². The number of nitrogens with zero attached hydrogens (tertiary/aromatic N) is 2. The minimum Gasteiger partial charge on any atom is -0.307 e. The third-order valence-corrected chi connectivity index (χ3v) is 3.14. The summed E-state index contributed by atoms with van der Waals surface area (Å²) in [5.74, 6) is -0.453. The molecule has 0 fully saturated rings. The third-order valence-electron chi connectivity index (χ3n) is 3.14.